The number of hydrogen-bond donors (Lipinski definition) is 2. The number of hydrogen-bond acceptors (Lipinski definition) is 5. The highest BCUT2D eigenvalue weighted by Crippen LogP contribution is 2.26. The highest BCUT2D eigenvalue weighted by atomic mass is 35.5. The average Bonchev–Trinajstić information content (AvgIpc) is 2.65. The smallest absolute Gasteiger partial charge is 0.238 e. The molecule has 0 saturated heterocycles. The van der Waals surface area contributed by atoms with Crippen molar-refractivity contribution in [2.75, 3.05) is 5.32 Å². The molecule has 0 aliphatic carbocycles. The van der Waals surface area contributed by atoms with Crippen LogP contribution < -0.4 is 10.5 Å². The van der Waals surface area contributed by atoms with Crippen LogP contribution in [0.4, 0.5) is 5.69 Å². The van der Waals surface area contributed by atoms with Crippen molar-refractivity contribution in [3.05, 3.63) is 38.8 Å². The van der Waals surface area contributed by atoms with Crippen molar-refractivity contribution in [2.45, 2.75) is 25.3 Å². The van der Waals surface area contributed by atoms with Gasteiger partial charge in [-0.3, -0.25) is 0 Å². The first-order valence-electron chi connectivity index (χ1n) is 5.76. The Morgan fingerprint density at radius 3 is 2.65 bits per heavy atom. The van der Waals surface area contributed by atoms with E-state index >= 15 is 0 Å². The lowest BCUT2D eigenvalue weighted by molar-refractivity contribution is 0.598. The highest BCUT2D eigenvalue weighted by Gasteiger charge is 2.11. The van der Waals surface area contributed by atoms with E-state index in [2.05, 4.69) is 10.3 Å². The number of nitrogens with zero attached hydrogens (tertiary/aromatic N) is 1. The summed E-state index contributed by atoms with van der Waals surface area (Å²) in [6.07, 6.45) is 0. The van der Waals surface area contributed by atoms with Crippen LogP contribution in [0.15, 0.2) is 23.1 Å². The van der Waals surface area contributed by atoms with E-state index in [0.29, 0.717) is 17.3 Å². The third kappa shape index (κ3) is 3.49. The zero-order valence-corrected chi connectivity index (χ0v) is 13.4. The topological polar surface area (TPSA) is 85.1 Å². The van der Waals surface area contributed by atoms with Crippen LogP contribution in [-0.2, 0) is 16.6 Å². The minimum absolute atomic E-state index is 0.0293. The third-order valence-corrected chi connectivity index (χ3v) is 5.02. The zero-order valence-electron chi connectivity index (χ0n) is 11.0. The fourth-order valence-electron chi connectivity index (χ4n) is 1.73. The molecule has 8 heteroatoms. The summed E-state index contributed by atoms with van der Waals surface area (Å²) in [5.74, 6) is 0. The Bertz CT molecular complexity index is 741. The number of primary sulfonamides is 1. The number of aryl methyl sites for hydroxylation is 2. The molecule has 0 unspecified atom stereocenters. The molecule has 0 bridgehead atoms. The maximum absolute atomic E-state index is 11.3. The summed E-state index contributed by atoms with van der Waals surface area (Å²) < 4.78 is 22.7. The molecule has 0 aliphatic heterocycles. The van der Waals surface area contributed by atoms with Gasteiger partial charge in [-0.15, -0.1) is 11.3 Å². The van der Waals surface area contributed by atoms with E-state index in [4.69, 9.17) is 16.7 Å². The van der Waals surface area contributed by atoms with Crippen LogP contribution in [-0.4, -0.2) is 13.4 Å². The molecule has 1 heterocycles. The second-order valence-corrected chi connectivity index (χ2v) is 7.54. The molecule has 1 aromatic carbocycles. The standard InChI is InChI=1S/C12H14ClN3O2S2/c1-7-12(19-8(2)16-7)6-15-11-5-9(20(14,17)18)3-4-10(11)13/h3-5,15H,6H2,1-2H3,(H2,14,17,18). The van der Waals surface area contributed by atoms with E-state index in [9.17, 15) is 8.42 Å². The van der Waals surface area contributed by atoms with Crippen LogP contribution in [0.25, 0.3) is 0 Å². The summed E-state index contributed by atoms with van der Waals surface area (Å²) in [7, 11) is -3.74. The van der Waals surface area contributed by atoms with Crippen LogP contribution in [0.2, 0.25) is 5.02 Å². The maximum atomic E-state index is 11.3. The van der Waals surface area contributed by atoms with E-state index in [0.717, 1.165) is 15.6 Å². The van der Waals surface area contributed by atoms with Gasteiger partial charge in [0.25, 0.3) is 0 Å². The molecule has 108 valence electrons. The number of thiazole rings is 1. The van der Waals surface area contributed by atoms with Gasteiger partial charge in [-0.1, -0.05) is 11.6 Å². The van der Waals surface area contributed by atoms with E-state index in [1.807, 2.05) is 13.8 Å². The maximum Gasteiger partial charge on any atom is 0.238 e. The first kappa shape index (κ1) is 15.2. The summed E-state index contributed by atoms with van der Waals surface area (Å²) in [5.41, 5.74) is 1.49. The van der Waals surface area contributed by atoms with Gasteiger partial charge in [0.1, 0.15) is 0 Å². The monoisotopic (exact) mass is 331 g/mol. The Labute approximate surface area is 126 Å². The number of aromatic nitrogens is 1. The quantitative estimate of drug-likeness (QED) is 0.902. The van der Waals surface area contributed by atoms with Crippen LogP contribution in [0, 0.1) is 13.8 Å². The summed E-state index contributed by atoms with van der Waals surface area (Å²) in [6, 6.07) is 4.32. The Morgan fingerprint density at radius 2 is 2.10 bits per heavy atom. The zero-order chi connectivity index (χ0) is 14.9. The molecule has 0 spiro atoms. The van der Waals surface area contributed by atoms with Gasteiger partial charge in [0.2, 0.25) is 10.0 Å². The Morgan fingerprint density at radius 1 is 1.40 bits per heavy atom. The number of anilines is 1. The van der Waals surface area contributed by atoms with Crippen molar-refractivity contribution in [1.29, 1.82) is 0 Å². The Kier molecular flexibility index (Phi) is 4.33. The molecule has 1 aromatic heterocycles. The van der Waals surface area contributed by atoms with Gasteiger partial charge >= 0.3 is 0 Å². The summed E-state index contributed by atoms with van der Waals surface area (Å²) >= 11 is 7.64. The average molecular weight is 332 g/mol. The van der Waals surface area contributed by atoms with Crippen molar-refractivity contribution in [2.24, 2.45) is 5.14 Å². The summed E-state index contributed by atoms with van der Waals surface area (Å²) in [6.45, 7) is 4.41. The number of nitrogens with two attached hydrogens (primary N) is 1. The number of benzene rings is 1. The molecule has 0 aliphatic rings. The van der Waals surface area contributed by atoms with Gasteiger partial charge in [0.05, 0.1) is 32.9 Å². The normalized spacial score (nSPS) is 11.6. The molecule has 0 atom stereocenters. The lowest BCUT2D eigenvalue weighted by Crippen LogP contribution is -2.12. The molecule has 3 N–H and O–H groups in total. The van der Waals surface area contributed by atoms with Gasteiger partial charge in [-0.25, -0.2) is 18.5 Å². The van der Waals surface area contributed by atoms with E-state index in [-0.39, 0.29) is 4.90 Å². The van der Waals surface area contributed by atoms with Crippen molar-refractivity contribution < 1.29 is 8.42 Å². The first-order valence-corrected chi connectivity index (χ1v) is 8.50. The van der Waals surface area contributed by atoms with Crippen molar-refractivity contribution >= 4 is 38.6 Å². The van der Waals surface area contributed by atoms with Gasteiger partial charge in [-0.2, -0.15) is 0 Å². The van der Waals surface area contributed by atoms with Gasteiger partial charge in [0, 0.05) is 4.88 Å². The van der Waals surface area contributed by atoms with Crippen LogP contribution >= 0.6 is 22.9 Å². The lowest BCUT2D eigenvalue weighted by atomic mass is 10.3. The predicted octanol–water partition coefficient (Wildman–Crippen LogP) is 2.67. The highest BCUT2D eigenvalue weighted by molar-refractivity contribution is 7.89. The van der Waals surface area contributed by atoms with Crippen LogP contribution in [0.1, 0.15) is 15.6 Å². The minimum atomic E-state index is -3.74. The molecular weight excluding hydrogens is 318 g/mol. The van der Waals surface area contributed by atoms with E-state index in [1.54, 1.807) is 11.3 Å². The fraction of sp³-hybridized carbons (Fsp3) is 0.250. The van der Waals surface area contributed by atoms with E-state index in [1.165, 1.54) is 18.2 Å². The number of halogens is 1. The molecule has 2 aromatic rings. The Balaban J connectivity index is 2.23. The number of sulfonamides is 1. The third-order valence-electron chi connectivity index (χ3n) is 2.71. The Hall–Kier alpha value is -1.15. The van der Waals surface area contributed by atoms with Crippen LogP contribution in [0.3, 0.4) is 0 Å². The lowest BCUT2D eigenvalue weighted by Gasteiger charge is -2.09. The number of rotatable bonds is 4. The first-order chi connectivity index (χ1) is 9.27. The van der Waals surface area contributed by atoms with Crippen molar-refractivity contribution in [3.63, 3.8) is 0 Å². The van der Waals surface area contributed by atoms with Crippen molar-refractivity contribution in [3.8, 4) is 0 Å². The largest absolute Gasteiger partial charge is 0.379 e. The molecule has 0 saturated carbocycles. The summed E-state index contributed by atoms with van der Waals surface area (Å²) in [4.78, 5) is 5.44. The van der Waals surface area contributed by atoms with Gasteiger partial charge in [-0.05, 0) is 32.0 Å². The second-order valence-electron chi connectivity index (χ2n) is 4.28. The van der Waals surface area contributed by atoms with Gasteiger partial charge in [0.15, 0.2) is 0 Å². The summed E-state index contributed by atoms with van der Waals surface area (Å²) in [5, 5.41) is 9.65. The molecule has 2 rings (SSSR count). The molecule has 0 amide bonds. The molecular formula is C12H14ClN3O2S2. The number of nitrogens with one attached hydrogen (secondary N) is 1. The molecule has 5 nitrogen and oxygen atoms in total. The predicted molar refractivity (Wildman–Crippen MR) is 81.7 cm³/mol. The van der Waals surface area contributed by atoms with Crippen molar-refractivity contribution in [1.82, 2.24) is 4.98 Å². The van der Waals surface area contributed by atoms with Gasteiger partial charge < -0.3 is 5.32 Å². The molecule has 20 heavy (non-hydrogen) atoms. The second kappa shape index (κ2) is 5.69. The van der Waals surface area contributed by atoms with E-state index < -0.39 is 10.0 Å². The fourth-order valence-corrected chi connectivity index (χ4v) is 3.33. The molecule has 0 fully saturated rings. The SMILES string of the molecule is Cc1nc(C)c(CNc2cc(S(N)(=O)=O)ccc2Cl)s1. The minimum Gasteiger partial charge on any atom is -0.379 e. The van der Waals surface area contributed by atoms with Crippen LogP contribution in [0.5, 0.6) is 0 Å². The molecule has 0 radical (unpaired) electrons.